The molecule has 0 unspecified atom stereocenters. The van der Waals surface area contributed by atoms with Crippen LogP contribution in [0.15, 0.2) is 49.1 Å². The maximum absolute atomic E-state index is 12.5. The van der Waals surface area contributed by atoms with Crippen LogP contribution in [0.5, 0.6) is 0 Å². The van der Waals surface area contributed by atoms with Gasteiger partial charge in [0.05, 0.1) is 23.5 Å². The molecule has 9 nitrogen and oxygen atoms in total. The summed E-state index contributed by atoms with van der Waals surface area (Å²) in [6, 6.07) is 6.55. The van der Waals surface area contributed by atoms with Crippen molar-refractivity contribution in [3.8, 4) is 0 Å². The molecular formula is C16H13N5O4. The normalized spacial score (nSPS) is 11.4. The highest BCUT2D eigenvalue weighted by Crippen LogP contribution is 2.15. The fraction of sp³-hybridized carbons (Fsp3) is 0.0625. The number of allylic oxidation sites excluding steroid dienone is 1. The van der Waals surface area contributed by atoms with Gasteiger partial charge in [0.1, 0.15) is 6.33 Å². The Labute approximate surface area is 141 Å². The van der Waals surface area contributed by atoms with Crippen molar-refractivity contribution in [1.29, 1.82) is 0 Å². The topological polar surface area (TPSA) is 134 Å². The molecule has 0 spiro atoms. The SMILES string of the molecule is O=C(O)c1cc(C(=O)C=C(O)c2nc[nH]n2)n(Cc2ccccn2)c1. The van der Waals surface area contributed by atoms with Crippen LogP contribution >= 0.6 is 0 Å². The lowest BCUT2D eigenvalue weighted by atomic mass is 10.2. The van der Waals surface area contributed by atoms with Crippen LogP contribution in [-0.4, -0.2) is 46.7 Å². The highest BCUT2D eigenvalue weighted by Gasteiger charge is 2.17. The van der Waals surface area contributed by atoms with Gasteiger partial charge in [0.25, 0.3) is 0 Å². The smallest absolute Gasteiger partial charge is 0.337 e. The van der Waals surface area contributed by atoms with Gasteiger partial charge in [0, 0.05) is 18.5 Å². The van der Waals surface area contributed by atoms with Gasteiger partial charge >= 0.3 is 5.97 Å². The van der Waals surface area contributed by atoms with Gasteiger partial charge in [-0.1, -0.05) is 6.07 Å². The number of aliphatic hydroxyl groups is 1. The molecular weight excluding hydrogens is 326 g/mol. The monoisotopic (exact) mass is 339 g/mol. The fourth-order valence-electron chi connectivity index (χ4n) is 2.23. The second kappa shape index (κ2) is 6.79. The molecule has 3 aromatic rings. The number of carboxylic acids is 1. The second-order valence-electron chi connectivity index (χ2n) is 5.08. The number of carboxylic acid groups (broad SMARTS) is 1. The minimum Gasteiger partial charge on any atom is -0.504 e. The number of carbonyl (C=O) groups excluding carboxylic acids is 1. The minimum atomic E-state index is -1.16. The van der Waals surface area contributed by atoms with Gasteiger partial charge < -0.3 is 14.8 Å². The van der Waals surface area contributed by atoms with E-state index in [-0.39, 0.29) is 23.6 Å². The highest BCUT2D eigenvalue weighted by atomic mass is 16.4. The summed E-state index contributed by atoms with van der Waals surface area (Å²) in [5.74, 6) is -2.19. The molecule has 0 saturated heterocycles. The van der Waals surface area contributed by atoms with Gasteiger partial charge in [-0.15, -0.1) is 0 Å². The fourth-order valence-corrected chi connectivity index (χ4v) is 2.23. The number of H-pyrrole nitrogens is 1. The number of aliphatic hydroxyl groups excluding tert-OH is 1. The summed E-state index contributed by atoms with van der Waals surface area (Å²) in [5, 5.41) is 25.2. The third-order valence-electron chi connectivity index (χ3n) is 3.37. The molecule has 3 N–H and O–H groups in total. The standard InChI is InChI=1S/C16H13N5O4/c22-13(6-14(23)15-18-9-19-20-15)12-5-10(16(24)25)7-21(12)8-11-3-1-2-4-17-11/h1-7,9,23H,8H2,(H,24,25)(H,18,19,20). The van der Waals surface area contributed by atoms with Crippen LogP contribution in [0.3, 0.4) is 0 Å². The number of hydrogen-bond acceptors (Lipinski definition) is 6. The van der Waals surface area contributed by atoms with Crippen LogP contribution in [0.1, 0.15) is 32.4 Å². The van der Waals surface area contributed by atoms with Gasteiger partial charge in [0.15, 0.2) is 5.76 Å². The summed E-state index contributed by atoms with van der Waals surface area (Å²) in [6.07, 6.45) is 5.16. The van der Waals surface area contributed by atoms with Crippen molar-refractivity contribution < 1.29 is 19.8 Å². The van der Waals surface area contributed by atoms with Gasteiger partial charge in [-0.3, -0.25) is 14.9 Å². The van der Waals surface area contributed by atoms with E-state index in [9.17, 15) is 19.8 Å². The van der Waals surface area contributed by atoms with Crippen LogP contribution in [0, 0.1) is 0 Å². The van der Waals surface area contributed by atoms with Crippen molar-refractivity contribution in [3.05, 3.63) is 71.8 Å². The first-order chi connectivity index (χ1) is 12.0. The maximum Gasteiger partial charge on any atom is 0.337 e. The zero-order valence-electron chi connectivity index (χ0n) is 12.8. The average Bonchev–Trinajstić information content (AvgIpc) is 3.25. The average molecular weight is 339 g/mol. The Morgan fingerprint density at radius 3 is 2.72 bits per heavy atom. The third kappa shape index (κ3) is 3.61. The Kier molecular flexibility index (Phi) is 4.38. The number of nitrogens with one attached hydrogen (secondary N) is 1. The molecule has 0 fully saturated rings. The number of hydrogen-bond donors (Lipinski definition) is 3. The van der Waals surface area contributed by atoms with Crippen molar-refractivity contribution in [2.45, 2.75) is 6.54 Å². The van der Waals surface area contributed by atoms with Gasteiger partial charge in [-0.05, 0) is 18.2 Å². The summed E-state index contributed by atoms with van der Waals surface area (Å²) < 4.78 is 1.47. The highest BCUT2D eigenvalue weighted by molar-refractivity contribution is 6.07. The first-order valence-electron chi connectivity index (χ1n) is 7.19. The molecule has 0 aliphatic carbocycles. The lowest BCUT2D eigenvalue weighted by Gasteiger charge is -2.06. The number of ketones is 1. The van der Waals surface area contributed by atoms with Crippen LogP contribution in [-0.2, 0) is 6.54 Å². The van der Waals surface area contributed by atoms with Crippen LogP contribution in [0.2, 0.25) is 0 Å². The van der Waals surface area contributed by atoms with E-state index in [0.29, 0.717) is 5.69 Å². The van der Waals surface area contributed by atoms with Gasteiger partial charge in [0.2, 0.25) is 11.6 Å². The van der Waals surface area contributed by atoms with Crippen molar-refractivity contribution in [2.24, 2.45) is 0 Å². The van der Waals surface area contributed by atoms with Crippen molar-refractivity contribution >= 4 is 17.5 Å². The number of rotatable bonds is 6. The third-order valence-corrected chi connectivity index (χ3v) is 3.37. The summed E-state index contributed by atoms with van der Waals surface area (Å²) in [4.78, 5) is 31.6. The summed E-state index contributed by atoms with van der Waals surface area (Å²) in [5.41, 5.74) is 0.724. The molecule has 3 rings (SSSR count). The predicted octanol–water partition coefficient (Wildman–Crippen LogP) is 1.53. The van der Waals surface area contributed by atoms with E-state index in [1.807, 2.05) is 0 Å². The van der Waals surface area contributed by atoms with E-state index in [0.717, 1.165) is 6.08 Å². The van der Waals surface area contributed by atoms with E-state index in [2.05, 4.69) is 20.2 Å². The Balaban J connectivity index is 1.95. The quantitative estimate of drug-likeness (QED) is 0.352. The Morgan fingerprint density at radius 2 is 2.08 bits per heavy atom. The van der Waals surface area contributed by atoms with Crippen molar-refractivity contribution in [1.82, 2.24) is 24.7 Å². The molecule has 9 heteroatoms. The van der Waals surface area contributed by atoms with Crippen molar-refractivity contribution in [2.75, 3.05) is 0 Å². The summed E-state index contributed by atoms with van der Waals surface area (Å²) in [7, 11) is 0. The van der Waals surface area contributed by atoms with E-state index >= 15 is 0 Å². The van der Waals surface area contributed by atoms with E-state index in [1.54, 1.807) is 24.4 Å². The molecule has 0 aliphatic heterocycles. The van der Waals surface area contributed by atoms with Crippen LogP contribution < -0.4 is 0 Å². The van der Waals surface area contributed by atoms with Crippen LogP contribution in [0.4, 0.5) is 0 Å². The number of aromatic carboxylic acids is 1. The van der Waals surface area contributed by atoms with Crippen LogP contribution in [0.25, 0.3) is 5.76 Å². The predicted molar refractivity (Wildman–Crippen MR) is 86.0 cm³/mol. The number of pyridine rings is 1. The molecule has 0 bridgehead atoms. The zero-order valence-corrected chi connectivity index (χ0v) is 12.8. The molecule has 0 atom stereocenters. The molecule has 3 heterocycles. The molecule has 25 heavy (non-hydrogen) atoms. The van der Waals surface area contributed by atoms with Crippen molar-refractivity contribution in [3.63, 3.8) is 0 Å². The number of nitrogens with zero attached hydrogens (tertiary/aromatic N) is 4. The molecule has 0 amide bonds. The molecule has 0 aromatic carbocycles. The minimum absolute atomic E-state index is 0.0327. The van der Waals surface area contributed by atoms with Gasteiger partial charge in [-0.2, -0.15) is 5.10 Å². The lowest BCUT2D eigenvalue weighted by Crippen LogP contribution is -2.09. The maximum atomic E-state index is 12.5. The van der Waals surface area contributed by atoms with E-state index in [4.69, 9.17) is 0 Å². The largest absolute Gasteiger partial charge is 0.504 e. The Bertz CT molecular complexity index is 929. The molecule has 3 aromatic heterocycles. The Morgan fingerprint density at radius 1 is 1.24 bits per heavy atom. The Hall–Kier alpha value is -3.75. The first kappa shape index (κ1) is 16.1. The molecule has 126 valence electrons. The molecule has 0 aliphatic rings. The number of carbonyl (C=O) groups is 2. The van der Waals surface area contributed by atoms with E-state index < -0.39 is 17.5 Å². The molecule has 0 radical (unpaired) electrons. The number of aromatic amines is 1. The summed E-state index contributed by atoms with van der Waals surface area (Å²) in [6.45, 7) is 0.213. The first-order valence-corrected chi connectivity index (χ1v) is 7.19. The molecule has 0 saturated carbocycles. The second-order valence-corrected chi connectivity index (χ2v) is 5.08. The number of aromatic nitrogens is 5. The van der Waals surface area contributed by atoms with Gasteiger partial charge in [-0.25, -0.2) is 9.78 Å². The lowest BCUT2D eigenvalue weighted by molar-refractivity contribution is 0.0696. The van der Waals surface area contributed by atoms with E-state index in [1.165, 1.54) is 23.2 Å². The summed E-state index contributed by atoms with van der Waals surface area (Å²) >= 11 is 0. The zero-order chi connectivity index (χ0) is 17.8.